The van der Waals surface area contributed by atoms with Gasteiger partial charge < -0.3 is 14.7 Å². The molecule has 33 heavy (non-hydrogen) atoms. The Kier molecular flexibility index (Phi) is 3.41. The minimum Gasteiger partial charge on any atom is -0.497 e. The molecule has 0 unspecified atom stereocenters. The van der Waals surface area contributed by atoms with Crippen molar-refractivity contribution >= 4 is 61.1 Å². The molecule has 6 nitrogen and oxygen atoms in total. The second-order valence-corrected chi connectivity index (χ2v) is 8.24. The van der Waals surface area contributed by atoms with Crippen LogP contribution in [0.5, 0.6) is 5.75 Å². The Hall–Kier alpha value is -4.58. The maximum absolute atomic E-state index is 13.9. The van der Waals surface area contributed by atoms with Gasteiger partial charge >= 0.3 is 0 Å². The molecule has 3 heterocycles. The van der Waals surface area contributed by atoms with Gasteiger partial charge in [0.05, 0.1) is 35.0 Å². The number of rotatable bonds is 2. The molecule has 158 valence electrons. The van der Waals surface area contributed by atoms with Crippen molar-refractivity contribution in [2.24, 2.45) is 0 Å². The largest absolute Gasteiger partial charge is 0.497 e. The zero-order chi connectivity index (χ0) is 22.3. The summed E-state index contributed by atoms with van der Waals surface area (Å²) < 4.78 is 5.45. The predicted octanol–water partition coefficient (Wildman–Crippen LogP) is 5.76. The van der Waals surface area contributed by atoms with Gasteiger partial charge in [-0.2, -0.15) is 0 Å². The van der Waals surface area contributed by atoms with E-state index in [0.717, 1.165) is 43.6 Å². The number of carbonyl (C=O) groups excluding carboxylic acids is 2. The van der Waals surface area contributed by atoms with E-state index in [1.54, 1.807) is 19.2 Å². The number of aromatic amines is 2. The van der Waals surface area contributed by atoms with Crippen LogP contribution in [-0.4, -0.2) is 28.9 Å². The third-order valence-electron chi connectivity index (χ3n) is 6.56. The van der Waals surface area contributed by atoms with Crippen LogP contribution >= 0.6 is 0 Å². The molecule has 4 aromatic carbocycles. The highest BCUT2D eigenvalue weighted by atomic mass is 16.5. The molecular weight excluding hydrogens is 414 g/mol. The Morgan fingerprint density at radius 3 is 2.00 bits per heavy atom. The van der Waals surface area contributed by atoms with Crippen molar-refractivity contribution in [2.45, 2.75) is 0 Å². The van der Waals surface area contributed by atoms with Crippen LogP contribution in [0.25, 0.3) is 43.6 Å². The molecule has 2 N–H and O–H groups in total. The molecule has 0 fully saturated rings. The minimum absolute atomic E-state index is 0.310. The quantitative estimate of drug-likeness (QED) is 0.342. The van der Waals surface area contributed by atoms with Crippen molar-refractivity contribution in [3.05, 3.63) is 83.9 Å². The lowest BCUT2D eigenvalue weighted by molar-refractivity contribution is 0.0927. The van der Waals surface area contributed by atoms with E-state index in [-0.39, 0.29) is 11.8 Å². The number of ether oxygens (including phenoxy) is 1. The lowest BCUT2D eigenvalue weighted by Gasteiger charge is -2.13. The Morgan fingerprint density at radius 1 is 0.697 bits per heavy atom. The molecule has 2 aromatic heterocycles. The number of fused-ring (bicyclic) bond motifs is 10. The van der Waals surface area contributed by atoms with Gasteiger partial charge in [0.1, 0.15) is 5.75 Å². The fourth-order valence-electron chi connectivity index (χ4n) is 5.14. The van der Waals surface area contributed by atoms with Crippen molar-refractivity contribution < 1.29 is 14.3 Å². The van der Waals surface area contributed by atoms with Crippen LogP contribution in [0, 0.1) is 0 Å². The first-order valence-corrected chi connectivity index (χ1v) is 10.7. The number of benzene rings is 4. The number of imide groups is 1. The Bertz CT molecular complexity index is 1790. The third-order valence-corrected chi connectivity index (χ3v) is 6.56. The van der Waals surface area contributed by atoms with Gasteiger partial charge in [0, 0.05) is 32.6 Å². The van der Waals surface area contributed by atoms with Crippen LogP contribution in [0.4, 0.5) is 5.69 Å². The second-order valence-electron chi connectivity index (χ2n) is 8.24. The number of methoxy groups -OCH3 is 1. The maximum Gasteiger partial charge on any atom is 0.266 e. The fraction of sp³-hybridized carbons (Fsp3) is 0.0370. The summed E-state index contributed by atoms with van der Waals surface area (Å²) in [6.07, 6.45) is 0. The van der Waals surface area contributed by atoms with E-state index in [1.807, 2.05) is 60.7 Å². The van der Waals surface area contributed by atoms with Crippen LogP contribution < -0.4 is 9.64 Å². The summed E-state index contributed by atoms with van der Waals surface area (Å²) >= 11 is 0. The molecule has 6 aromatic rings. The van der Waals surface area contributed by atoms with E-state index in [0.29, 0.717) is 22.6 Å². The highest BCUT2D eigenvalue weighted by Gasteiger charge is 2.41. The summed E-state index contributed by atoms with van der Waals surface area (Å²) in [6.45, 7) is 0. The van der Waals surface area contributed by atoms with Crippen LogP contribution in [0.1, 0.15) is 20.7 Å². The molecule has 7 rings (SSSR count). The highest BCUT2D eigenvalue weighted by molar-refractivity contribution is 6.45. The average molecular weight is 431 g/mol. The topological polar surface area (TPSA) is 78.2 Å². The van der Waals surface area contributed by atoms with Gasteiger partial charge in [-0.05, 0) is 36.4 Å². The number of nitrogens with zero attached hydrogens (tertiary/aromatic N) is 1. The van der Waals surface area contributed by atoms with Gasteiger partial charge in [0.2, 0.25) is 0 Å². The second kappa shape index (κ2) is 6.23. The number of nitrogens with one attached hydrogen (secondary N) is 2. The number of hydrogen-bond acceptors (Lipinski definition) is 3. The third kappa shape index (κ3) is 2.22. The normalized spacial score (nSPS) is 13.7. The van der Waals surface area contributed by atoms with Crippen molar-refractivity contribution in [1.82, 2.24) is 9.97 Å². The van der Waals surface area contributed by atoms with Crippen LogP contribution in [0.3, 0.4) is 0 Å². The number of carbonyl (C=O) groups is 2. The molecule has 1 aliphatic rings. The zero-order valence-corrected chi connectivity index (χ0v) is 17.6. The van der Waals surface area contributed by atoms with Gasteiger partial charge in [0.15, 0.2) is 0 Å². The van der Waals surface area contributed by atoms with Crippen LogP contribution in [0.15, 0.2) is 72.8 Å². The van der Waals surface area contributed by atoms with Gasteiger partial charge in [-0.15, -0.1) is 0 Å². The number of aromatic nitrogens is 2. The van der Waals surface area contributed by atoms with Crippen molar-refractivity contribution in [3.63, 3.8) is 0 Å². The number of amides is 2. The van der Waals surface area contributed by atoms with Crippen molar-refractivity contribution in [2.75, 3.05) is 12.0 Å². The maximum atomic E-state index is 13.9. The number of H-pyrrole nitrogens is 2. The van der Waals surface area contributed by atoms with Crippen molar-refractivity contribution in [3.8, 4) is 5.75 Å². The van der Waals surface area contributed by atoms with Gasteiger partial charge in [-0.3, -0.25) is 9.59 Å². The summed E-state index contributed by atoms with van der Waals surface area (Å²) in [5, 5.41) is 3.26. The molecule has 0 spiro atoms. The van der Waals surface area contributed by atoms with Crippen LogP contribution in [0.2, 0.25) is 0 Å². The number of anilines is 1. The number of hydrogen-bond donors (Lipinski definition) is 2. The lowest BCUT2D eigenvalue weighted by Crippen LogP contribution is -2.29. The van der Waals surface area contributed by atoms with Gasteiger partial charge in [0.25, 0.3) is 11.8 Å². The lowest BCUT2D eigenvalue weighted by atomic mass is 9.97. The van der Waals surface area contributed by atoms with E-state index in [2.05, 4.69) is 9.97 Å². The van der Waals surface area contributed by atoms with E-state index in [1.165, 1.54) is 4.90 Å². The first kappa shape index (κ1) is 18.0. The zero-order valence-electron chi connectivity index (χ0n) is 17.6. The summed E-state index contributed by atoms with van der Waals surface area (Å²) in [5.41, 5.74) is 4.83. The summed E-state index contributed by atoms with van der Waals surface area (Å²) in [5.74, 6) is 0.0581. The van der Waals surface area contributed by atoms with Crippen LogP contribution in [-0.2, 0) is 0 Å². The molecule has 0 saturated carbocycles. The Morgan fingerprint density at radius 2 is 1.30 bits per heavy atom. The van der Waals surface area contributed by atoms with E-state index >= 15 is 0 Å². The van der Waals surface area contributed by atoms with E-state index in [4.69, 9.17) is 4.74 Å². The van der Waals surface area contributed by atoms with E-state index in [9.17, 15) is 9.59 Å². The minimum atomic E-state index is -0.317. The Balaban J connectivity index is 1.71. The van der Waals surface area contributed by atoms with E-state index < -0.39 is 0 Å². The van der Waals surface area contributed by atoms with Crippen molar-refractivity contribution in [1.29, 1.82) is 0 Å². The molecule has 1 aliphatic heterocycles. The van der Waals surface area contributed by atoms with Gasteiger partial charge in [-0.1, -0.05) is 36.4 Å². The fourth-order valence-corrected chi connectivity index (χ4v) is 5.14. The number of para-hydroxylation sites is 2. The van der Waals surface area contributed by atoms with Gasteiger partial charge in [-0.25, -0.2) is 4.90 Å². The molecule has 0 radical (unpaired) electrons. The Labute approximate surface area is 187 Å². The smallest absolute Gasteiger partial charge is 0.266 e. The summed E-state index contributed by atoms with van der Waals surface area (Å²) in [4.78, 5) is 36.0. The first-order valence-electron chi connectivity index (χ1n) is 10.7. The average Bonchev–Trinajstić information content (AvgIpc) is 3.49. The molecule has 2 amide bonds. The molecule has 6 heteroatoms. The summed E-state index contributed by atoms with van der Waals surface area (Å²) in [6, 6.07) is 22.7. The first-order chi connectivity index (χ1) is 16.2. The predicted molar refractivity (Wildman–Crippen MR) is 129 cm³/mol. The molecule has 0 aliphatic carbocycles. The molecule has 0 atom stereocenters. The SMILES string of the molecule is COc1ccc2[nH]c3c4[nH]c5ccccc5c4c4c(c3c2c1)C(=O)N(c1ccccc1)C4=O. The monoisotopic (exact) mass is 431 g/mol. The molecular formula is C27H17N3O3. The molecule has 0 saturated heterocycles. The molecule has 0 bridgehead atoms. The summed E-state index contributed by atoms with van der Waals surface area (Å²) in [7, 11) is 1.61. The highest BCUT2D eigenvalue weighted by Crippen LogP contribution is 2.45. The standard InChI is InChI=1S/C27H17N3O3/c1-33-15-11-12-19-17(13-15)21-23-22(26(31)30(27(23)32)14-7-3-2-4-8-14)20-16-9-5-6-10-18(16)28-24(20)25(21)29-19/h2-13,28-29H,1H3.